The van der Waals surface area contributed by atoms with Crippen LogP contribution >= 0.6 is 0 Å². The van der Waals surface area contributed by atoms with Crippen molar-refractivity contribution in [3.63, 3.8) is 0 Å². The van der Waals surface area contributed by atoms with Crippen LogP contribution in [0, 0.1) is 19.7 Å². The summed E-state index contributed by atoms with van der Waals surface area (Å²) in [7, 11) is 0. The van der Waals surface area contributed by atoms with Crippen LogP contribution in [0.1, 0.15) is 16.7 Å². The molecular weight excluding hydrogens is 229 g/mol. The van der Waals surface area contributed by atoms with Gasteiger partial charge < -0.3 is 10.5 Å². The van der Waals surface area contributed by atoms with Gasteiger partial charge >= 0.3 is 0 Å². The summed E-state index contributed by atoms with van der Waals surface area (Å²) in [6.07, 6.45) is 0. The van der Waals surface area contributed by atoms with Crippen LogP contribution in [0.3, 0.4) is 0 Å². The van der Waals surface area contributed by atoms with Crippen molar-refractivity contribution >= 4 is 5.69 Å². The average molecular weight is 245 g/mol. The van der Waals surface area contributed by atoms with Crippen LogP contribution in [0.25, 0.3) is 0 Å². The van der Waals surface area contributed by atoms with E-state index < -0.39 is 5.82 Å². The molecule has 2 aromatic carbocycles. The number of nitrogen functional groups attached to an aromatic ring is 1. The predicted molar refractivity (Wildman–Crippen MR) is 71.1 cm³/mol. The summed E-state index contributed by atoms with van der Waals surface area (Å²) in [5, 5.41) is 0. The van der Waals surface area contributed by atoms with Crippen molar-refractivity contribution in [1.82, 2.24) is 0 Å². The molecule has 0 saturated heterocycles. The topological polar surface area (TPSA) is 35.2 Å². The highest BCUT2D eigenvalue weighted by atomic mass is 19.1. The second kappa shape index (κ2) is 5.08. The lowest BCUT2D eigenvalue weighted by atomic mass is 10.1. The Morgan fingerprint density at radius 2 is 1.89 bits per heavy atom. The molecule has 0 aliphatic rings. The highest BCUT2D eigenvalue weighted by Gasteiger charge is 2.03. The summed E-state index contributed by atoms with van der Waals surface area (Å²) in [6, 6.07) is 10.7. The van der Waals surface area contributed by atoms with Gasteiger partial charge in [-0.1, -0.05) is 18.2 Å². The Bertz CT molecular complexity index is 566. The minimum absolute atomic E-state index is 0.158. The zero-order valence-electron chi connectivity index (χ0n) is 10.5. The first kappa shape index (κ1) is 12.4. The molecule has 0 heterocycles. The van der Waals surface area contributed by atoms with Gasteiger partial charge in [-0.05, 0) is 48.7 Å². The molecule has 0 aliphatic carbocycles. The van der Waals surface area contributed by atoms with Crippen LogP contribution in [0.4, 0.5) is 10.1 Å². The second-order valence-electron chi connectivity index (χ2n) is 4.41. The summed E-state index contributed by atoms with van der Waals surface area (Å²) >= 11 is 0. The maximum atomic E-state index is 13.3. The first-order valence-electron chi connectivity index (χ1n) is 5.80. The Kier molecular flexibility index (Phi) is 3.51. The molecule has 2 rings (SSSR count). The number of hydrogen-bond donors (Lipinski definition) is 1. The van der Waals surface area contributed by atoms with Gasteiger partial charge in [-0.15, -0.1) is 0 Å². The third-order valence-electron chi connectivity index (χ3n) is 2.80. The van der Waals surface area contributed by atoms with E-state index in [9.17, 15) is 4.39 Å². The molecule has 0 aliphatic heterocycles. The number of halogens is 1. The summed E-state index contributed by atoms with van der Waals surface area (Å²) in [5.41, 5.74) is 8.55. The molecule has 18 heavy (non-hydrogen) atoms. The Morgan fingerprint density at radius 1 is 1.11 bits per heavy atom. The first-order chi connectivity index (χ1) is 8.56. The van der Waals surface area contributed by atoms with Crippen molar-refractivity contribution in [3.05, 3.63) is 58.9 Å². The normalized spacial score (nSPS) is 10.4. The number of ether oxygens (including phenoxy) is 1. The van der Waals surface area contributed by atoms with Crippen molar-refractivity contribution in [3.8, 4) is 5.75 Å². The van der Waals surface area contributed by atoms with Gasteiger partial charge in [0.15, 0.2) is 0 Å². The van der Waals surface area contributed by atoms with Gasteiger partial charge in [0.2, 0.25) is 0 Å². The van der Waals surface area contributed by atoms with Crippen LogP contribution in [0.15, 0.2) is 36.4 Å². The molecule has 3 heteroatoms. The van der Waals surface area contributed by atoms with Gasteiger partial charge in [-0.25, -0.2) is 4.39 Å². The van der Waals surface area contributed by atoms with Crippen LogP contribution in [0.2, 0.25) is 0 Å². The molecule has 0 atom stereocenters. The summed E-state index contributed by atoms with van der Waals surface area (Å²) in [4.78, 5) is 0. The fraction of sp³-hybridized carbons (Fsp3) is 0.200. The summed E-state index contributed by atoms with van der Waals surface area (Å²) in [6.45, 7) is 4.33. The van der Waals surface area contributed by atoms with Gasteiger partial charge in [0.25, 0.3) is 0 Å². The molecule has 94 valence electrons. The summed E-state index contributed by atoms with van der Waals surface area (Å²) < 4.78 is 19.0. The largest absolute Gasteiger partial charge is 0.489 e. The van der Waals surface area contributed by atoms with E-state index >= 15 is 0 Å². The standard InChI is InChI=1S/C15H16FNO/c1-10-3-4-11(2)15(7-10)18-9-12-5-6-14(17)13(16)8-12/h3-8H,9,17H2,1-2H3. The predicted octanol–water partition coefficient (Wildman–Crippen LogP) is 3.60. The van der Waals surface area contributed by atoms with Gasteiger partial charge in [-0.2, -0.15) is 0 Å². The molecule has 0 bridgehead atoms. The third kappa shape index (κ3) is 2.80. The number of anilines is 1. The molecule has 0 amide bonds. The quantitative estimate of drug-likeness (QED) is 0.838. The van der Waals surface area contributed by atoms with Crippen LogP contribution in [-0.4, -0.2) is 0 Å². The number of nitrogens with two attached hydrogens (primary N) is 1. The smallest absolute Gasteiger partial charge is 0.146 e. The van der Waals surface area contributed by atoms with E-state index in [0.717, 1.165) is 22.4 Å². The molecule has 0 radical (unpaired) electrons. The van der Waals surface area contributed by atoms with E-state index in [1.807, 2.05) is 32.0 Å². The Morgan fingerprint density at radius 3 is 2.61 bits per heavy atom. The summed E-state index contributed by atoms with van der Waals surface area (Å²) in [5.74, 6) is 0.421. The van der Waals surface area contributed by atoms with Crippen LogP contribution < -0.4 is 10.5 Å². The van der Waals surface area contributed by atoms with Crippen molar-refractivity contribution < 1.29 is 9.13 Å². The van der Waals surface area contributed by atoms with E-state index in [1.54, 1.807) is 12.1 Å². The molecule has 2 aromatic rings. The van der Waals surface area contributed by atoms with E-state index in [-0.39, 0.29) is 5.69 Å². The zero-order valence-corrected chi connectivity index (χ0v) is 10.5. The van der Waals surface area contributed by atoms with Crippen LogP contribution in [-0.2, 0) is 6.61 Å². The van der Waals surface area contributed by atoms with E-state index in [2.05, 4.69) is 0 Å². The van der Waals surface area contributed by atoms with Crippen LogP contribution in [0.5, 0.6) is 5.75 Å². The fourth-order valence-corrected chi connectivity index (χ4v) is 1.68. The second-order valence-corrected chi connectivity index (χ2v) is 4.41. The van der Waals surface area contributed by atoms with E-state index in [0.29, 0.717) is 6.61 Å². The lowest BCUT2D eigenvalue weighted by molar-refractivity contribution is 0.303. The maximum Gasteiger partial charge on any atom is 0.146 e. The molecule has 2 nitrogen and oxygen atoms in total. The monoisotopic (exact) mass is 245 g/mol. The zero-order chi connectivity index (χ0) is 13.1. The number of benzene rings is 2. The maximum absolute atomic E-state index is 13.3. The number of rotatable bonds is 3. The Labute approximate surface area is 106 Å². The number of hydrogen-bond acceptors (Lipinski definition) is 2. The number of aryl methyl sites for hydroxylation is 2. The molecule has 0 saturated carbocycles. The van der Waals surface area contributed by atoms with Gasteiger partial charge in [0.05, 0.1) is 5.69 Å². The minimum Gasteiger partial charge on any atom is -0.489 e. The van der Waals surface area contributed by atoms with Crippen molar-refractivity contribution in [2.75, 3.05) is 5.73 Å². The molecule has 0 fully saturated rings. The van der Waals surface area contributed by atoms with E-state index in [4.69, 9.17) is 10.5 Å². The van der Waals surface area contributed by atoms with Gasteiger partial charge in [0, 0.05) is 0 Å². The molecular formula is C15H16FNO. The fourth-order valence-electron chi connectivity index (χ4n) is 1.68. The average Bonchev–Trinajstić information content (AvgIpc) is 2.34. The lowest BCUT2D eigenvalue weighted by Crippen LogP contribution is -1.99. The lowest BCUT2D eigenvalue weighted by Gasteiger charge is -2.10. The van der Waals surface area contributed by atoms with Crippen molar-refractivity contribution in [2.24, 2.45) is 0 Å². The minimum atomic E-state index is -0.405. The highest BCUT2D eigenvalue weighted by Crippen LogP contribution is 2.21. The van der Waals surface area contributed by atoms with Gasteiger partial charge in [-0.3, -0.25) is 0 Å². The SMILES string of the molecule is Cc1ccc(C)c(OCc2ccc(N)c(F)c2)c1. The molecule has 0 spiro atoms. The van der Waals surface area contributed by atoms with Crippen molar-refractivity contribution in [2.45, 2.75) is 20.5 Å². The third-order valence-corrected chi connectivity index (χ3v) is 2.80. The Hall–Kier alpha value is -2.03. The molecule has 0 unspecified atom stereocenters. The molecule has 0 aromatic heterocycles. The first-order valence-corrected chi connectivity index (χ1v) is 5.80. The van der Waals surface area contributed by atoms with Crippen molar-refractivity contribution in [1.29, 1.82) is 0 Å². The van der Waals surface area contributed by atoms with E-state index in [1.165, 1.54) is 6.07 Å². The molecule has 2 N–H and O–H groups in total. The highest BCUT2D eigenvalue weighted by molar-refractivity contribution is 5.41. The van der Waals surface area contributed by atoms with Gasteiger partial charge in [0.1, 0.15) is 18.2 Å². The Balaban J connectivity index is 2.11.